The lowest BCUT2D eigenvalue weighted by Crippen LogP contribution is -2.13. The van der Waals surface area contributed by atoms with Crippen LogP contribution in [0.15, 0.2) is 18.2 Å². The lowest BCUT2D eigenvalue weighted by Gasteiger charge is -2.16. The summed E-state index contributed by atoms with van der Waals surface area (Å²) < 4.78 is 32.1. The molecule has 0 amide bonds. The minimum atomic E-state index is -1.08. The predicted molar refractivity (Wildman–Crippen MR) is 104 cm³/mol. The maximum Gasteiger partial charge on any atom is 0.204 e. The van der Waals surface area contributed by atoms with Gasteiger partial charge < -0.3 is 28.4 Å². The van der Waals surface area contributed by atoms with Crippen molar-refractivity contribution in [1.29, 1.82) is 0 Å². The summed E-state index contributed by atoms with van der Waals surface area (Å²) in [7, 11) is 8.69. The van der Waals surface area contributed by atoms with Gasteiger partial charge in [0.15, 0.2) is 34.6 Å². The quantitative estimate of drug-likeness (QED) is 0.653. The van der Waals surface area contributed by atoms with Crippen LogP contribution in [0.3, 0.4) is 0 Å². The molecule has 3 rings (SSSR count). The SMILES string of the molecule is COc1cc(C2C(=O)c3cc(OC)c(OC)c(OC)c3C2=O)cc(OC)c1OC. The van der Waals surface area contributed by atoms with E-state index in [0.29, 0.717) is 28.6 Å². The van der Waals surface area contributed by atoms with Gasteiger partial charge in [0, 0.05) is 5.56 Å². The van der Waals surface area contributed by atoms with Crippen molar-refractivity contribution in [3.05, 3.63) is 34.9 Å². The summed E-state index contributed by atoms with van der Waals surface area (Å²) in [5.41, 5.74) is 0.794. The van der Waals surface area contributed by atoms with Crippen molar-refractivity contribution in [2.24, 2.45) is 0 Å². The first-order chi connectivity index (χ1) is 14.0. The van der Waals surface area contributed by atoms with Crippen LogP contribution in [0, 0.1) is 0 Å². The predicted octanol–water partition coefficient (Wildman–Crippen LogP) is 2.90. The zero-order chi connectivity index (χ0) is 21.3. The molecule has 1 unspecified atom stereocenters. The zero-order valence-corrected chi connectivity index (χ0v) is 17.1. The number of fused-ring (bicyclic) bond motifs is 1. The van der Waals surface area contributed by atoms with Crippen LogP contribution in [0.2, 0.25) is 0 Å². The average molecular weight is 402 g/mol. The fourth-order valence-corrected chi connectivity index (χ4v) is 3.58. The Kier molecular flexibility index (Phi) is 5.54. The molecule has 0 N–H and O–H groups in total. The van der Waals surface area contributed by atoms with Crippen LogP contribution in [-0.4, -0.2) is 54.2 Å². The third kappa shape index (κ3) is 3.00. The largest absolute Gasteiger partial charge is 0.493 e. The molecule has 0 radical (unpaired) electrons. The second-order valence-corrected chi connectivity index (χ2v) is 6.19. The average Bonchev–Trinajstić information content (AvgIpc) is 3.00. The van der Waals surface area contributed by atoms with E-state index in [1.165, 1.54) is 48.7 Å². The van der Waals surface area contributed by atoms with E-state index in [-0.39, 0.29) is 28.4 Å². The molecule has 2 aromatic rings. The van der Waals surface area contributed by atoms with Crippen LogP contribution in [0.4, 0.5) is 0 Å². The molecule has 0 bridgehead atoms. The second kappa shape index (κ2) is 7.90. The van der Waals surface area contributed by atoms with Crippen LogP contribution in [0.25, 0.3) is 0 Å². The highest BCUT2D eigenvalue weighted by Crippen LogP contribution is 2.49. The van der Waals surface area contributed by atoms with E-state index in [9.17, 15) is 9.59 Å². The van der Waals surface area contributed by atoms with Crippen molar-refractivity contribution in [1.82, 2.24) is 0 Å². The van der Waals surface area contributed by atoms with Gasteiger partial charge in [-0.1, -0.05) is 0 Å². The van der Waals surface area contributed by atoms with Gasteiger partial charge in [-0.15, -0.1) is 0 Å². The highest BCUT2D eigenvalue weighted by Gasteiger charge is 2.44. The number of hydrogen-bond donors (Lipinski definition) is 0. The van der Waals surface area contributed by atoms with Gasteiger partial charge in [0.2, 0.25) is 11.5 Å². The molecule has 0 saturated heterocycles. The molecule has 1 aliphatic carbocycles. The summed E-state index contributed by atoms with van der Waals surface area (Å²) in [6, 6.07) is 4.68. The van der Waals surface area contributed by atoms with Gasteiger partial charge in [-0.3, -0.25) is 9.59 Å². The van der Waals surface area contributed by atoms with Gasteiger partial charge in [-0.25, -0.2) is 0 Å². The monoisotopic (exact) mass is 402 g/mol. The summed E-state index contributed by atoms with van der Waals surface area (Å²) in [4.78, 5) is 26.5. The minimum Gasteiger partial charge on any atom is -0.493 e. The van der Waals surface area contributed by atoms with E-state index in [1.807, 2.05) is 0 Å². The Bertz CT molecular complexity index is 954. The fraction of sp³-hybridized carbons (Fsp3) is 0.333. The van der Waals surface area contributed by atoms with Gasteiger partial charge in [-0.05, 0) is 23.8 Å². The Balaban J connectivity index is 2.22. The second-order valence-electron chi connectivity index (χ2n) is 6.19. The first-order valence-electron chi connectivity index (χ1n) is 8.68. The Morgan fingerprint density at radius 2 is 1.07 bits per heavy atom. The minimum absolute atomic E-state index is 0.161. The first kappa shape index (κ1) is 20.3. The highest BCUT2D eigenvalue weighted by atomic mass is 16.5. The van der Waals surface area contributed by atoms with Crippen molar-refractivity contribution in [2.45, 2.75) is 5.92 Å². The molecule has 8 nitrogen and oxygen atoms in total. The van der Waals surface area contributed by atoms with Crippen LogP contribution in [0.1, 0.15) is 32.2 Å². The molecule has 154 valence electrons. The third-order valence-electron chi connectivity index (χ3n) is 4.89. The summed E-state index contributed by atoms with van der Waals surface area (Å²) >= 11 is 0. The molecular weight excluding hydrogens is 380 g/mol. The third-order valence-corrected chi connectivity index (χ3v) is 4.89. The zero-order valence-electron chi connectivity index (χ0n) is 17.1. The van der Waals surface area contributed by atoms with E-state index < -0.39 is 11.7 Å². The Hall–Kier alpha value is -3.42. The van der Waals surface area contributed by atoms with E-state index in [1.54, 1.807) is 12.1 Å². The molecule has 29 heavy (non-hydrogen) atoms. The summed E-state index contributed by atoms with van der Waals surface area (Å²) in [6.07, 6.45) is 0. The molecule has 0 fully saturated rings. The van der Waals surface area contributed by atoms with Gasteiger partial charge in [0.05, 0.1) is 48.2 Å². The number of ether oxygens (including phenoxy) is 6. The number of ketones is 2. The van der Waals surface area contributed by atoms with Crippen molar-refractivity contribution < 1.29 is 38.0 Å². The number of rotatable bonds is 7. The number of benzene rings is 2. The molecule has 0 aromatic heterocycles. The standard InChI is InChI=1S/C21H22O8/c1-24-12-7-10(8-13(25-2)19(12)27-4)15-17(22)11-9-14(26-3)20(28-5)21(29-6)16(11)18(15)23/h7-9,15H,1-6H3. The van der Waals surface area contributed by atoms with Crippen molar-refractivity contribution >= 4 is 11.6 Å². The maximum atomic E-state index is 13.3. The molecule has 0 aliphatic heterocycles. The van der Waals surface area contributed by atoms with Crippen molar-refractivity contribution in [3.63, 3.8) is 0 Å². The summed E-state index contributed by atoms with van der Waals surface area (Å²) in [5.74, 6) is -0.0819. The molecule has 2 aromatic carbocycles. The van der Waals surface area contributed by atoms with E-state index in [4.69, 9.17) is 28.4 Å². The number of hydrogen-bond acceptors (Lipinski definition) is 8. The Labute approximate surface area is 168 Å². The molecule has 8 heteroatoms. The van der Waals surface area contributed by atoms with Gasteiger partial charge in [0.25, 0.3) is 0 Å². The van der Waals surface area contributed by atoms with Crippen LogP contribution >= 0.6 is 0 Å². The lowest BCUT2D eigenvalue weighted by molar-refractivity contribution is 0.0889. The number of methoxy groups -OCH3 is 6. The number of carbonyl (C=O) groups is 2. The van der Waals surface area contributed by atoms with Crippen LogP contribution < -0.4 is 28.4 Å². The topological polar surface area (TPSA) is 89.5 Å². The Morgan fingerprint density at radius 3 is 1.52 bits per heavy atom. The molecule has 0 saturated carbocycles. The van der Waals surface area contributed by atoms with Crippen LogP contribution in [0.5, 0.6) is 34.5 Å². The Morgan fingerprint density at radius 1 is 0.586 bits per heavy atom. The van der Waals surface area contributed by atoms with Gasteiger partial charge in [-0.2, -0.15) is 0 Å². The van der Waals surface area contributed by atoms with Gasteiger partial charge in [0.1, 0.15) is 5.92 Å². The molecule has 0 spiro atoms. The normalized spacial score (nSPS) is 15.0. The molecule has 0 heterocycles. The smallest absolute Gasteiger partial charge is 0.204 e. The molecule has 1 aliphatic rings. The summed E-state index contributed by atoms with van der Waals surface area (Å²) in [5, 5.41) is 0. The first-order valence-corrected chi connectivity index (χ1v) is 8.68. The maximum absolute atomic E-state index is 13.3. The van der Waals surface area contributed by atoms with E-state index in [2.05, 4.69) is 0 Å². The summed E-state index contributed by atoms with van der Waals surface area (Å²) in [6.45, 7) is 0. The van der Waals surface area contributed by atoms with Crippen molar-refractivity contribution in [3.8, 4) is 34.5 Å². The van der Waals surface area contributed by atoms with Crippen LogP contribution in [-0.2, 0) is 0 Å². The van der Waals surface area contributed by atoms with E-state index >= 15 is 0 Å². The molecule has 1 atom stereocenters. The number of carbonyl (C=O) groups excluding carboxylic acids is 2. The van der Waals surface area contributed by atoms with Gasteiger partial charge >= 0.3 is 0 Å². The molecular formula is C21H22O8. The lowest BCUT2D eigenvalue weighted by atomic mass is 9.93. The number of Topliss-reactive ketones (excluding diaryl/α,β-unsaturated/α-hetero) is 2. The van der Waals surface area contributed by atoms with Crippen molar-refractivity contribution in [2.75, 3.05) is 42.7 Å². The highest BCUT2D eigenvalue weighted by molar-refractivity contribution is 6.31. The van der Waals surface area contributed by atoms with E-state index in [0.717, 1.165) is 0 Å². The fourth-order valence-electron chi connectivity index (χ4n) is 3.58.